The van der Waals surface area contributed by atoms with Crippen molar-refractivity contribution in [3.63, 3.8) is 0 Å². The topological polar surface area (TPSA) is 71.1 Å². The summed E-state index contributed by atoms with van der Waals surface area (Å²) < 4.78 is 0. The number of amides is 2. The average molecular weight is 440 g/mol. The van der Waals surface area contributed by atoms with Crippen molar-refractivity contribution in [3.05, 3.63) is 74.2 Å². The van der Waals surface area contributed by atoms with Gasteiger partial charge in [0.1, 0.15) is 0 Å². The number of anilines is 2. The summed E-state index contributed by atoms with van der Waals surface area (Å²) in [7, 11) is 0. The van der Waals surface area contributed by atoms with Gasteiger partial charge in [0, 0.05) is 21.2 Å². The number of nitrogens with one attached hydrogen (secondary N) is 2. The summed E-state index contributed by atoms with van der Waals surface area (Å²) in [5, 5.41) is 7.02. The Balaban J connectivity index is 1.49. The summed E-state index contributed by atoms with van der Waals surface area (Å²) in [5.41, 5.74) is 5.42. The summed E-state index contributed by atoms with van der Waals surface area (Å²) in [6, 6.07) is 10.8. The van der Waals surface area contributed by atoms with E-state index in [4.69, 9.17) is 11.6 Å². The van der Waals surface area contributed by atoms with Crippen molar-refractivity contribution in [2.45, 2.75) is 39.5 Å². The van der Waals surface area contributed by atoms with Gasteiger partial charge in [0.05, 0.1) is 11.6 Å². The standard InChI is InChI=1S/C23H22ClN3O2S/c1-12-10-13(2)19(14(3)11-12)25-22(29)17-8-9-18-20(17)26-23(30-18)27-21(28)15-4-6-16(24)7-5-15/h4-7,10-11,17H,8-9H2,1-3H3,(H,25,29)(H,26,27,28). The molecule has 0 bridgehead atoms. The molecule has 0 spiro atoms. The van der Waals surface area contributed by atoms with Crippen LogP contribution in [0.1, 0.15) is 50.0 Å². The number of fused-ring (bicyclic) bond motifs is 1. The molecule has 7 heteroatoms. The van der Waals surface area contributed by atoms with Gasteiger partial charge in [-0.3, -0.25) is 14.9 Å². The largest absolute Gasteiger partial charge is 0.325 e. The lowest BCUT2D eigenvalue weighted by atomic mass is 10.0. The van der Waals surface area contributed by atoms with E-state index in [0.29, 0.717) is 15.7 Å². The van der Waals surface area contributed by atoms with Gasteiger partial charge >= 0.3 is 0 Å². The number of benzene rings is 2. The third-order valence-corrected chi connectivity index (χ3v) is 6.58. The van der Waals surface area contributed by atoms with Crippen molar-refractivity contribution in [2.75, 3.05) is 10.6 Å². The molecule has 2 N–H and O–H groups in total. The molecule has 0 saturated carbocycles. The van der Waals surface area contributed by atoms with Crippen molar-refractivity contribution < 1.29 is 9.59 Å². The third kappa shape index (κ3) is 4.11. The molecule has 3 aromatic rings. The summed E-state index contributed by atoms with van der Waals surface area (Å²) in [4.78, 5) is 31.1. The van der Waals surface area contributed by atoms with Gasteiger partial charge in [-0.1, -0.05) is 29.3 Å². The van der Waals surface area contributed by atoms with Crippen LogP contribution in [0.25, 0.3) is 0 Å². The molecule has 30 heavy (non-hydrogen) atoms. The van der Waals surface area contributed by atoms with Gasteiger partial charge in [0.2, 0.25) is 5.91 Å². The summed E-state index contributed by atoms with van der Waals surface area (Å²) in [5.74, 6) is -0.604. The Kier molecular flexibility index (Phi) is 5.62. The SMILES string of the molecule is Cc1cc(C)c(NC(=O)C2CCc3sc(NC(=O)c4ccc(Cl)cc4)nc32)c(C)c1. The van der Waals surface area contributed by atoms with Crippen molar-refractivity contribution in [3.8, 4) is 0 Å². The molecule has 0 radical (unpaired) electrons. The minimum atomic E-state index is -0.308. The first-order chi connectivity index (χ1) is 14.3. The van der Waals surface area contributed by atoms with Gasteiger partial charge in [-0.2, -0.15) is 0 Å². The zero-order valence-corrected chi connectivity index (χ0v) is 18.6. The Bertz CT molecular complexity index is 1110. The van der Waals surface area contributed by atoms with Gasteiger partial charge in [0.15, 0.2) is 5.13 Å². The molecule has 0 fully saturated rings. The molecule has 1 aromatic heterocycles. The second-order valence-electron chi connectivity index (χ2n) is 7.64. The number of aromatic nitrogens is 1. The number of hydrogen-bond donors (Lipinski definition) is 2. The lowest BCUT2D eigenvalue weighted by Gasteiger charge is -2.15. The van der Waals surface area contributed by atoms with E-state index >= 15 is 0 Å². The van der Waals surface area contributed by atoms with Crippen LogP contribution in [0, 0.1) is 20.8 Å². The van der Waals surface area contributed by atoms with Gasteiger partial charge in [-0.05, 0) is 69.0 Å². The molecule has 1 atom stereocenters. The number of nitrogens with zero attached hydrogens (tertiary/aromatic N) is 1. The predicted octanol–water partition coefficient (Wildman–Crippen LogP) is 5.64. The Labute approximate surface area is 184 Å². The van der Waals surface area contributed by atoms with Gasteiger partial charge in [0.25, 0.3) is 5.91 Å². The van der Waals surface area contributed by atoms with Gasteiger partial charge in [-0.25, -0.2) is 4.98 Å². The molecule has 4 rings (SSSR count). The van der Waals surface area contributed by atoms with Crippen LogP contribution in [-0.4, -0.2) is 16.8 Å². The fourth-order valence-corrected chi connectivity index (χ4v) is 5.05. The molecule has 2 amide bonds. The highest BCUT2D eigenvalue weighted by Crippen LogP contribution is 2.39. The Morgan fingerprint density at radius 1 is 1.07 bits per heavy atom. The molecule has 1 aliphatic rings. The smallest absolute Gasteiger partial charge is 0.257 e. The molecule has 2 aromatic carbocycles. The fourth-order valence-electron chi connectivity index (χ4n) is 3.89. The maximum Gasteiger partial charge on any atom is 0.257 e. The molecule has 1 aliphatic carbocycles. The Morgan fingerprint density at radius 2 is 1.73 bits per heavy atom. The van der Waals surface area contributed by atoms with Crippen molar-refractivity contribution in [1.29, 1.82) is 0 Å². The lowest BCUT2D eigenvalue weighted by Crippen LogP contribution is -2.21. The van der Waals surface area contributed by atoms with E-state index in [0.717, 1.165) is 40.2 Å². The number of halogens is 1. The predicted molar refractivity (Wildman–Crippen MR) is 122 cm³/mol. The van der Waals surface area contributed by atoms with E-state index in [-0.39, 0.29) is 17.7 Å². The summed E-state index contributed by atoms with van der Waals surface area (Å²) >= 11 is 7.31. The Morgan fingerprint density at radius 3 is 2.40 bits per heavy atom. The maximum absolute atomic E-state index is 13.0. The second-order valence-corrected chi connectivity index (χ2v) is 9.16. The van der Waals surface area contributed by atoms with Crippen molar-refractivity contribution in [2.24, 2.45) is 0 Å². The highest BCUT2D eigenvalue weighted by Gasteiger charge is 2.33. The van der Waals surface area contributed by atoms with E-state index in [1.807, 2.05) is 20.8 Å². The molecule has 154 valence electrons. The van der Waals surface area contributed by atoms with Crippen molar-refractivity contribution >= 4 is 45.6 Å². The number of carbonyl (C=O) groups excluding carboxylic acids is 2. The molecule has 5 nitrogen and oxygen atoms in total. The van der Waals surface area contributed by atoms with Crippen LogP contribution in [0.5, 0.6) is 0 Å². The molecule has 0 aliphatic heterocycles. The highest BCUT2D eigenvalue weighted by molar-refractivity contribution is 7.16. The van der Waals surface area contributed by atoms with E-state index in [1.54, 1.807) is 24.3 Å². The van der Waals surface area contributed by atoms with Crippen LogP contribution in [-0.2, 0) is 11.2 Å². The van der Waals surface area contributed by atoms with Crippen LogP contribution < -0.4 is 10.6 Å². The minimum Gasteiger partial charge on any atom is -0.325 e. The molecular weight excluding hydrogens is 418 g/mol. The first-order valence-corrected chi connectivity index (χ1v) is 11.0. The number of carbonyl (C=O) groups is 2. The van der Waals surface area contributed by atoms with Crippen LogP contribution in [0.15, 0.2) is 36.4 Å². The zero-order chi connectivity index (χ0) is 21.4. The second kappa shape index (κ2) is 8.20. The third-order valence-electron chi connectivity index (χ3n) is 5.29. The van der Waals surface area contributed by atoms with Crippen molar-refractivity contribution in [1.82, 2.24) is 4.98 Å². The quantitative estimate of drug-likeness (QED) is 0.552. The minimum absolute atomic E-state index is 0.0512. The monoisotopic (exact) mass is 439 g/mol. The van der Waals surface area contributed by atoms with E-state index < -0.39 is 0 Å². The molecule has 1 unspecified atom stereocenters. The normalized spacial score (nSPS) is 15.0. The highest BCUT2D eigenvalue weighted by atomic mass is 35.5. The van der Waals surface area contributed by atoms with E-state index in [9.17, 15) is 9.59 Å². The van der Waals surface area contributed by atoms with Gasteiger partial charge < -0.3 is 5.32 Å². The van der Waals surface area contributed by atoms with E-state index in [1.165, 1.54) is 16.9 Å². The lowest BCUT2D eigenvalue weighted by molar-refractivity contribution is -0.117. The number of rotatable bonds is 4. The Hall–Kier alpha value is -2.70. The average Bonchev–Trinajstić information content (AvgIpc) is 3.25. The molecule has 1 heterocycles. The zero-order valence-electron chi connectivity index (χ0n) is 17.0. The number of aryl methyl sites for hydroxylation is 4. The van der Waals surface area contributed by atoms with Crippen LogP contribution in [0.3, 0.4) is 0 Å². The summed E-state index contributed by atoms with van der Waals surface area (Å²) in [6.45, 7) is 6.05. The number of hydrogen-bond acceptors (Lipinski definition) is 4. The first kappa shape index (κ1) is 20.6. The van der Waals surface area contributed by atoms with Gasteiger partial charge in [-0.15, -0.1) is 11.3 Å². The van der Waals surface area contributed by atoms with Crippen LogP contribution >= 0.6 is 22.9 Å². The van der Waals surface area contributed by atoms with Crippen LogP contribution in [0.2, 0.25) is 5.02 Å². The van der Waals surface area contributed by atoms with Crippen LogP contribution in [0.4, 0.5) is 10.8 Å². The summed E-state index contributed by atoms with van der Waals surface area (Å²) in [6.07, 6.45) is 1.52. The fraction of sp³-hybridized carbons (Fsp3) is 0.261. The molecular formula is C23H22ClN3O2S. The first-order valence-electron chi connectivity index (χ1n) is 9.77. The number of thiazole rings is 1. The molecule has 0 saturated heterocycles. The van der Waals surface area contributed by atoms with E-state index in [2.05, 4.69) is 27.8 Å². The maximum atomic E-state index is 13.0.